The monoisotopic (exact) mass is 412 g/mol. The number of hydrogen-bond donors (Lipinski definition) is 0. The van der Waals surface area contributed by atoms with Crippen molar-refractivity contribution in [1.82, 2.24) is 4.57 Å². The van der Waals surface area contributed by atoms with Crippen molar-refractivity contribution in [2.45, 2.75) is 13.5 Å². The summed E-state index contributed by atoms with van der Waals surface area (Å²) in [5, 5.41) is 0.633. The lowest BCUT2D eigenvalue weighted by Gasteiger charge is -2.05. The number of thiazole rings is 1. The summed E-state index contributed by atoms with van der Waals surface area (Å²) in [6, 6.07) is 12.8. The van der Waals surface area contributed by atoms with Crippen LogP contribution in [0.15, 0.2) is 62.7 Å². The third-order valence-corrected chi connectivity index (χ3v) is 5.42. The first kappa shape index (κ1) is 19.2. The molecule has 0 aliphatic rings. The maximum atomic E-state index is 13.6. The summed E-state index contributed by atoms with van der Waals surface area (Å²) in [5.74, 6) is -1.08. The SMILES string of the molecule is CCOCCn1c(=NC(=O)c2cc3ccccc3oc2=O)sc2cc(F)ccc21. The minimum absolute atomic E-state index is 0.149. The molecule has 4 rings (SSSR count). The number of fused-ring (bicyclic) bond motifs is 2. The van der Waals surface area contributed by atoms with Crippen molar-refractivity contribution < 1.29 is 18.3 Å². The van der Waals surface area contributed by atoms with Crippen LogP contribution in [0.3, 0.4) is 0 Å². The van der Waals surface area contributed by atoms with Crippen LogP contribution in [-0.4, -0.2) is 23.7 Å². The van der Waals surface area contributed by atoms with E-state index in [1.54, 1.807) is 34.9 Å². The molecular formula is C21H17FN2O4S. The molecule has 29 heavy (non-hydrogen) atoms. The smallest absolute Gasteiger partial charge is 0.349 e. The van der Waals surface area contributed by atoms with Crippen LogP contribution in [0.4, 0.5) is 4.39 Å². The lowest BCUT2D eigenvalue weighted by atomic mass is 10.2. The van der Waals surface area contributed by atoms with Gasteiger partial charge in [0.2, 0.25) is 0 Å². The van der Waals surface area contributed by atoms with Crippen LogP contribution in [0, 0.1) is 5.82 Å². The molecule has 0 saturated heterocycles. The van der Waals surface area contributed by atoms with Gasteiger partial charge in [-0.2, -0.15) is 4.99 Å². The van der Waals surface area contributed by atoms with Crippen molar-refractivity contribution in [3.8, 4) is 0 Å². The molecule has 0 atom stereocenters. The van der Waals surface area contributed by atoms with E-state index in [4.69, 9.17) is 9.15 Å². The summed E-state index contributed by atoms with van der Waals surface area (Å²) < 4.78 is 26.7. The van der Waals surface area contributed by atoms with Crippen molar-refractivity contribution in [2.24, 2.45) is 4.99 Å². The average molecular weight is 412 g/mol. The highest BCUT2D eigenvalue weighted by molar-refractivity contribution is 7.16. The Morgan fingerprint density at radius 3 is 2.90 bits per heavy atom. The van der Waals surface area contributed by atoms with Gasteiger partial charge >= 0.3 is 5.63 Å². The van der Waals surface area contributed by atoms with Gasteiger partial charge in [0.15, 0.2) is 4.80 Å². The largest absolute Gasteiger partial charge is 0.422 e. The van der Waals surface area contributed by atoms with Crippen LogP contribution >= 0.6 is 11.3 Å². The van der Waals surface area contributed by atoms with Crippen molar-refractivity contribution in [2.75, 3.05) is 13.2 Å². The van der Waals surface area contributed by atoms with E-state index in [0.29, 0.717) is 40.2 Å². The van der Waals surface area contributed by atoms with Gasteiger partial charge in [-0.05, 0) is 37.3 Å². The summed E-state index contributed by atoms with van der Waals surface area (Å²) in [6.45, 7) is 3.30. The summed E-state index contributed by atoms with van der Waals surface area (Å²) in [4.78, 5) is 29.5. The van der Waals surface area contributed by atoms with Gasteiger partial charge in [-0.15, -0.1) is 0 Å². The summed E-state index contributed by atoms with van der Waals surface area (Å²) in [5.41, 5.74) is 0.250. The van der Waals surface area contributed by atoms with Gasteiger partial charge in [0.05, 0.1) is 16.8 Å². The van der Waals surface area contributed by atoms with Crippen LogP contribution in [-0.2, 0) is 11.3 Å². The lowest BCUT2D eigenvalue weighted by Crippen LogP contribution is -2.21. The summed E-state index contributed by atoms with van der Waals surface area (Å²) in [7, 11) is 0. The molecule has 0 bridgehead atoms. The Hall–Kier alpha value is -3.10. The number of aromatic nitrogens is 1. The number of rotatable bonds is 5. The fourth-order valence-electron chi connectivity index (χ4n) is 3.01. The molecule has 0 radical (unpaired) electrons. The molecule has 6 nitrogen and oxygen atoms in total. The Morgan fingerprint density at radius 1 is 1.24 bits per heavy atom. The molecule has 0 aliphatic carbocycles. The Kier molecular flexibility index (Phi) is 5.37. The third-order valence-electron chi connectivity index (χ3n) is 4.38. The number of amides is 1. The minimum atomic E-state index is -0.745. The minimum Gasteiger partial charge on any atom is -0.422 e. The summed E-state index contributed by atoms with van der Waals surface area (Å²) >= 11 is 1.18. The normalized spacial score (nSPS) is 12.1. The van der Waals surface area contributed by atoms with Crippen molar-refractivity contribution >= 4 is 38.4 Å². The van der Waals surface area contributed by atoms with Gasteiger partial charge in [-0.25, -0.2) is 9.18 Å². The molecule has 0 aliphatic heterocycles. The van der Waals surface area contributed by atoms with Crippen LogP contribution in [0.25, 0.3) is 21.2 Å². The number of nitrogens with zero attached hydrogens (tertiary/aromatic N) is 2. The van der Waals surface area contributed by atoms with Crippen LogP contribution in [0.2, 0.25) is 0 Å². The Balaban J connectivity index is 1.82. The molecule has 8 heteroatoms. The first-order valence-corrected chi connectivity index (χ1v) is 9.87. The van der Waals surface area contributed by atoms with E-state index in [1.807, 2.05) is 6.92 Å². The van der Waals surface area contributed by atoms with Crippen LogP contribution in [0.5, 0.6) is 0 Å². The van der Waals surface area contributed by atoms with E-state index >= 15 is 0 Å². The number of carbonyl (C=O) groups is 1. The molecule has 4 aromatic rings. The number of benzene rings is 2. The second-order valence-corrected chi connectivity index (χ2v) is 7.26. The highest BCUT2D eigenvalue weighted by Crippen LogP contribution is 2.19. The van der Waals surface area contributed by atoms with Gasteiger partial charge in [0.25, 0.3) is 5.91 Å². The number of para-hydroxylation sites is 1. The van der Waals surface area contributed by atoms with E-state index in [2.05, 4.69) is 4.99 Å². The third kappa shape index (κ3) is 3.90. The fourth-order valence-corrected chi connectivity index (χ4v) is 4.09. The lowest BCUT2D eigenvalue weighted by molar-refractivity contribution is 0.0993. The molecule has 0 saturated carbocycles. The molecule has 1 amide bonds. The molecular weight excluding hydrogens is 395 g/mol. The fraction of sp³-hybridized carbons (Fsp3) is 0.190. The summed E-state index contributed by atoms with van der Waals surface area (Å²) in [6.07, 6.45) is 0. The van der Waals surface area contributed by atoms with Gasteiger partial charge in [0, 0.05) is 18.5 Å². The average Bonchev–Trinajstić information content (AvgIpc) is 3.03. The van der Waals surface area contributed by atoms with E-state index in [-0.39, 0.29) is 11.4 Å². The standard InChI is InChI=1S/C21H17FN2O4S/c1-2-27-10-9-24-16-8-7-14(22)12-18(16)29-21(24)23-19(25)15-11-13-5-3-4-6-17(13)28-20(15)26/h3-8,11-12H,2,9-10H2,1H3. The van der Waals surface area contributed by atoms with E-state index in [9.17, 15) is 14.0 Å². The van der Waals surface area contributed by atoms with Crippen molar-refractivity contribution in [1.29, 1.82) is 0 Å². The Bertz CT molecular complexity index is 1340. The zero-order valence-electron chi connectivity index (χ0n) is 15.6. The maximum Gasteiger partial charge on any atom is 0.349 e. The van der Waals surface area contributed by atoms with Gasteiger partial charge in [-0.1, -0.05) is 29.5 Å². The number of carbonyl (C=O) groups excluding carboxylic acids is 1. The topological polar surface area (TPSA) is 73.8 Å². The van der Waals surface area contributed by atoms with E-state index in [1.165, 1.54) is 29.5 Å². The molecule has 0 unspecified atom stereocenters. The predicted molar refractivity (Wildman–Crippen MR) is 109 cm³/mol. The number of halogens is 1. The highest BCUT2D eigenvalue weighted by atomic mass is 32.1. The van der Waals surface area contributed by atoms with Crippen molar-refractivity contribution in [3.63, 3.8) is 0 Å². The quantitative estimate of drug-likeness (QED) is 0.370. The Labute approximate surface area is 168 Å². The Morgan fingerprint density at radius 2 is 2.07 bits per heavy atom. The van der Waals surface area contributed by atoms with Crippen LogP contribution in [0.1, 0.15) is 17.3 Å². The maximum absolute atomic E-state index is 13.6. The molecule has 148 valence electrons. The van der Waals surface area contributed by atoms with Gasteiger partial charge < -0.3 is 13.7 Å². The first-order valence-electron chi connectivity index (χ1n) is 9.05. The second-order valence-electron chi connectivity index (χ2n) is 6.25. The zero-order chi connectivity index (χ0) is 20.4. The molecule has 0 N–H and O–H groups in total. The number of hydrogen-bond acceptors (Lipinski definition) is 5. The van der Waals surface area contributed by atoms with Gasteiger partial charge in [0.1, 0.15) is 17.0 Å². The number of ether oxygens (including phenoxy) is 1. The zero-order valence-corrected chi connectivity index (χ0v) is 16.4. The highest BCUT2D eigenvalue weighted by Gasteiger charge is 2.15. The predicted octanol–water partition coefficient (Wildman–Crippen LogP) is 3.73. The molecule has 0 spiro atoms. The van der Waals surface area contributed by atoms with E-state index < -0.39 is 11.5 Å². The van der Waals surface area contributed by atoms with Gasteiger partial charge in [-0.3, -0.25) is 4.79 Å². The molecule has 0 fully saturated rings. The second kappa shape index (κ2) is 8.10. The van der Waals surface area contributed by atoms with Crippen LogP contribution < -0.4 is 10.4 Å². The molecule has 2 aromatic carbocycles. The van der Waals surface area contributed by atoms with E-state index in [0.717, 1.165) is 5.52 Å². The first-order chi connectivity index (χ1) is 14.1. The molecule has 2 aromatic heterocycles. The van der Waals surface area contributed by atoms with Crippen molar-refractivity contribution in [3.05, 3.63) is 75.1 Å². The molecule has 2 heterocycles.